The van der Waals surface area contributed by atoms with Gasteiger partial charge in [-0.15, -0.1) is 0 Å². The van der Waals surface area contributed by atoms with Crippen LogP contribution in [0.4, 0.5) is 11.4 Å². The lowest BCUT2D eigenvalue weighted by atomic mass is 9.66. The van der Waals surface area contributed by atoms with Gasteiger partial charge in [-0.25, -0.2) is 0 Å². The van der Waals surface area contributed by atoms with Crippen LogP contribution in [0.15, 0.2) is 84.9 Å². The van der Waals surface area contributed by atoms with Gasteiger partial charge in [-0.3, -0.25) is 0 Å². The molecule has 166 valence electrons. The van der Waals surface area contributed by atoms with Crippen LogP contribution in [0.25, 0.3) is 11.1 Å². The smallest absolute Gasteiger partial charge is 0.0713 e. The minimum Gasteiger partial charge on any atom is -0.398 e. The SMILES string of the molecule is CC(C)c1cc(C2(c3ccc(N)c(C(C)C)c3)c3ccccc3-c3ccccc32)ccc1N. The van der Waals surface area contributed by atoms with Gasteiger partial charge in [0.2, 0.25) is 0 Å². The van der Waals surface area contributed by atoms with Crippen LogP contribution in [-0.4, -0.2) is 0 Å². The number of rotatable bonds is 4. The van der Waals surface area contributed by atoms with Crippen LogP contribution < -0.4 is 11.5 Å². The second-order valence-electron chi connectivity index (χ2n) is 9.84. The summed E-state index contributed by atoms with van der Waals surface area (Å²) < 4.78 is 0. The number of anilines is 2. The molecule has 0 saturated heterocycles. The molecule has 0 heterocycles. The number of benzene rings is 4. The quantitative estimate of drug-likeness (QED) is 0.290. The topological polar surface area (TPSA) is 52.0 Å². The van der Waals surface area contributed by atoms with Gasteiger partial charge >= 0.3 is 0 Å². The van der Waals surface area contributed by atoms with Crippen molar-refractivity contribution in [2.45, 2.75) is 44.9 Å². The molecule has 0 unspecified atom stereocenters. The summed E-state index contributed by atoms with van der Waals surface area (Å²) in [6.45, 7) is 8.83. The molecule has 5 rings (SSSR count). The molecule has 0 saturated carbocycles. The highest BCUT2D eigenvalue weighted by molar-refractivity contribution is 5.86. The van der Waals surface area contributed by atoms with Crippen molar-refractivity contribution in [2.24, 2.45) is 0 Å². The Kier molecular flexibility index (Phi) is 5.05. The molecule has 0 radical (unpaired) electrons. The predicted molar refractivity (Wildman–Crippen MR) is 141 cm³/mol. The van der Waals surface area contributed by atoms with E-state index in [0.717, 1.165) is 11.4 Å². The molecule has 0 bridgehead atoms. The highest BCUT2D eigenvalue weighted by atomic mass is 14.6. The Morgan fingerprint density at radius 2 is 0.939 bits per heavy atom. The van der Waals surface area contributed by atoms with Crippen molar-refractivity contribution in [1.29, 1.82) is 0 Å². The Morgan fingerprint density at radius 3 is 1.33 bits per heavy atom. The van der Waals surface area contributed by atoms with Crippen molar-refractivity contribution < 1.29 is 0 Å². The van der Waals surface area contributed by atoms with Crippen LogP contribution in [-0.2, 0) is 5.41 Å². The van der Waals surface area contributed by atoms with Gasteiger partial charge in [-0.05, 0) is 68.5 Å². The second-order valence-corrected chi connectivity index (χ2v) is 9.84. The van der Waals surface area contributed by atoms with Crippen molar-refractivity contribution in [3.05, 3.63) is 118 Å². The minimum absolute atomic E-state index is 0.339. The first kappa shape index (κ1) is 21.3. The maximum Gasteiger partial charge on any atom is 0.0713 e. The van der Waals surface area contributed by atoms with E-state index in [9.17, 15) is 0 Å². The van der Waals surface area contributed by atoms with Crippen LogP contribution in [0.3, 0.4) is 0 Å². The largest absolute Gasteiger partial charge is 0.398 e. The van der Waals surface area contributed by atoms with E-state index in [1.54, 1.807) is 0 Å². The molecule has 0 aliphatic heterocycles. The van der Waals surface area contributed by atoms with Crippen molar-refractivity contribution >= 4 is 11.4 Å². The molecule has 0 atom stereocenters. The summed E-state index contributed by atoms with van der Waals surface area (Å²) in [6, 6.07) is 30.9. The first-order valence-electron chi connectivity index (χ1n) is 11.8. The van der Waals surface area contributed by atoms with Crippen LogP contribution in [0.5, 0.6) is 0 Å². The fraction of sp³-hybridized carbons (Fsp3) is 0.226. The number of nitrogens with two attached hydrogens (primary N) is 2. The van der Waals surface area contributed by atoms with Crippen LogP contribution in [0.2, 0.25) is 0 Å². The van der Waals surface area contributed by atoms with Gasteiger partial charge < -0.3 is 11.5 Å². The fourth-order valence-corrected chi connectivity index (χ4v) is 5.64. The molecule has 2 heteroatoms. The van der Waals surface area contributed by atoms with Crippen LogP contribution >= 0.6 is 0 Å². The van der Waals surface area contributed by atoms with E-state index in [2.05, 4.69) is 113 Å². The van der Waals surface area contributed by atoms with E-state index in [-0.39, 0.29) is 0 Å². The maximum atomic E-state index is 6.43. The maximum absolute atomic E-state index is 6.43. The van der Waals surface area contributed by atoms with Gasteiger partial charge in [0, 0.05) is 11.4 Å². The Hall–Kier alpha value is -3.52. The summed E-state index contributed by atoms with van der Waals surface area (Å²) in [5, 5.41) is 0. The van der Waals surface area contributed by atoms with Crippen molar-refractivity contribution in [3.63, 3.8) is 0 Å². The molecule has 0 aromatic heterocycles. The third-order valence-corrected chi connectivity index (χ3v) is 7.24. The molecule has 4 aromatic carbocycles. The average Bonchev–Trinajstić information content (AvgIpc) is 3.11. The Morgan fingerprint density at radius 1 is 0.545 bits per heavy atom. The van der Waals surface area contributed by atoms with Gasteiger partial charge in [0.25, 0.3) is 0 Å². The summed E-state index contributed by atoms with van der Waals surface area (Å²) in [4.78, 5) is 0. The zero-order chi connectivity index (χ0) is 23.3. The van der Waals surface area contributed by atoms with Crippen LogP contribution in [0, 0.1) is 0 Å². The molecule has 4 N–H and O–H groups in total. The lowest BCUT2D eigenvalue weighted by Crippen LogP contribution is -2.29. The lowest BCUT2D eigenvalue weighted by molar-refractivity contribution is 0.755. The van der Waals surface area contributed by atoms with Crippen molar-refractivity contribution in [1.82, 2.24) is 0 Å². The third kappa shape index (κ3) is 3.08. The van der Waals surface area contributed by atoms with Crippen molar-refractivity contribution in [3.8, 4) is 11.1 Å². The third-order valence-electron chi connectivity index (χ3n) is 7.24. The zero-order valence-corrected chi connectivity index (χ0v) is 19.9. The van der Waals surface area contributed by atoms with E-state index < -0.39 is 5.41 Å². The Balaban J connectivity index is 1.94. The van der Waals surface area contributed by atoms with Gasteiger partial charge in [0.1, 0.15) is 0 Å². The molecule has 2 nitrogen and oxygen atoms in total. The molecule has 0 amide bonds. The molecule has 33 heavy (non-hydrogen) atoms. The second kappa shape index (κ2) is 7.81. The molecule has 4 aromatic rings. The Labute approximate surface area is 197 Å². The van der Waals surface area contributed by atoms with E-state index in [0.29, 0.717) is 11.8 Å². The van der Waals surface area contributed by atoms with Gasteiger partial charge in [-0.1, -0.05) is 100 Å². The molecular formula is C31H32N2. The number of fused-ring (bicyclic) bond motifs is 3. The monoisotopic (exact) mass is 432 g/mol. The molecule has 1 aliphatic carbocycles. The zero-order valence-electron chi connectivity index (χ0n) is 19.9. The van der Waals surface area contributed by atoms with E-state index in [4.69, 9.17) is 11.5 Å². The summed E-state index contributed by atoms with van der Waals surface area (Å²) >= 11 is 0. The molecule has 1 aliphatic rings. The number of hydrogen-bond donors (Lipinski definition) is 2. The van der Waals surface area contributed by atoms with E-state index in [1.165, 1.54) is 44.5 Å². The summed E-state index contributed by atoms with van der Waals surface area (Å²) in [5.74, 6) is 0.679. The van der Waals surface area contributed by atoms with E-state index >= 15 is 0 Å². The molecule has 0 spiro atoms. The van der Waals surface area contributed by atoms with Gasteiger partial charge in [-0.2, -0.15) is 0 Å². The Bertz CT molecular complexity index is 1240. The lowest BCUT2D eigenvalue weighted by Gasteiger charge is -2.35. The van der Waals surface area contributed by atoms with Crippen LogP contribution in [0.1, 0.15) is 72.9 Å². The highest BCUT2D eigenvalue weighted by Crippen LogP contribution is 2.56. The fourth-order valence-electron chi connectivity index (χ4n) is 5.64. The summed E-state index contributed by atoms with van der Waals surface area (Å²) in [7, 11) is 0. The van der Waals surface area contributed by atoms with E-state index in [1.807, 2.05) is 0 Å². The normalized spacial score (nSPS) is 13.9. The van der Waals surface area contributed by atoms with Crippen molar-refractivity contribution in [2.75, 3.05) is 11.5 Å². The highest BCUT2D eigenvalue weighted by Gasteiger charge is 2.46. The minimum atomic E-state index is -0.429. The summed E-state index contributed by atoms with van der Waals surface area (Å²) in [5.41, 5.74) is 24.2. The molecular weight excluding hydrogens is 400 g/mol. The number of nitrogen functional groups attached to an aromatic ring is 2. The first-order valence-corrected chi connectivity index (χ1v) is 11.8. The molecule has 0 fully saturated rings. The standard InChI is InChI=1S/C31H32N2/c1-19(2)25-17-21(13-15-29(25)32)31(22-14-16-30(33)26(18-22)20(3)4)27-11-7-5-9-23(27)24-10-6-8-12-28(24)31/h5-20H,32-33H2,1-4H3. The first-order chi connectivity index (χ1) is 15.9. The predicted octanol–water partition coefficient (Wildman–Crippen LogP) is 7.46. The number of hydrogen-bond acceptors (Lipinski definition) is 2. The summed E-state index contributed by atoms with van der Waals surface area (Å²) in [6.07, 6.45) is 0. The van der Waals surface area contributed by atoms with Gasteiger partial charge in [0.15, 0.2) is 0 Å². The average molecular weight is 433 g/mol. The van der Waals surface area contributed by atoms with Gasteiger partial charge in [0.05, 0.1) is 5.41 Å².